The van der Waals surface area contributed by atoms with Crippen molar-refractivity contribution in [3.63, 3.8) is 0 Å². The molecule has 96 valence electrons. The highest BCUT2D eigenvalue weighted by molar-refractivity contribution is 14.1. The van der Waals surface area contributed by atoms with Gasteiger partial charge in [0.2, 0.25) is 0 Å². The Bertz CT molecular complexity index is 307. The van der Waals surface area contributed by atoms with Crippen molar-refractivity contribution < 1.29 is 0 Å². The summed E-state index contributed by atoms with van der Waals surface area (Å²) in [5, 5.41) is 3.57. The summed E-state index contributed by atoms with van der Waals surface area (Å²) < 4.78 is 1.29. The zero-order chi connectivity index (χ0) is 12.7. The summed E-state index contributed by atoms with van der Waals surface area (Å²) in [4.78, 5) is 2.44. The van der Waals surface area contributed by atoms with Crippen LogP contribution < -0.4 is 5.32 Å². The molecule has 1 unspecified atom stereocenters. The topological polar surface area (TPSA) is 15.3 Å². The Morgan fingerprint density at radius 3 is 2.29 bits per heavy atom. The number of likely N-dealkylation sites (N-methyl/N-ethyl adjacent to an activating group) is 1. The van der Waals surface area contributed by atoms with Crippen molar-refractivity contribution in [2.45, 2.75) is 26.8 Å². The molecular formula is C14H23IN2. The Morgan fingerprint density at radius 1 is 1.18 bits per heavy atom. The number of nitrogens with one attached hydrogen (secondary N) is 1. The lowest BCUT2D eigenvalue weighted by molar-refractivity contribution is 0.298. The average Bonchev–Trinajstić information content (AvgIpc) is 2.35. The minimum absolute atomic E-state index is 0.433. The molecular weight excluding hydrogens is 323 g/mol. The highest BCUT2D eigenvalue weighted by Crippen LogP contribution is 2.14. The van der Waals surface area contributed by atoms with E-state index in [1.807, 2.05) is 0 Å². The highest BCUT2D eigenvalue weighted by atomic mass is 127. The second-order valence-electron chi connectivity index (χ2n) is 4.25. The van der Waals surface area contributed by atoms with Gasteiger partial charge in [0.25, 0.3) is 0 Å². The van der Waals surface area contributed by atoms with Crippen LogP contribution >= 0.6 is 22.6 Å². The van der Waals surface area contributed by atoms with Gasteiger partial charge in [0.15, 0.2) is 0 Å². The summed E-state index contributed by atoms with van der Waals surface area (Å²) in [6.45, 7) is 11.1. The first-order valence-electron chi connectivity index (χ1n) is 6.38. The van der Waals surface area contributed by atoms with Crippen LogP contribution in [0.3, 0.4) is 0 Å². The van der Waals surface area contributed by atoms with Crippen molar-refractivity contribution in [1.82, 2.24) is 10.2 Å². The summed E-state index contributed by atoms with van der Waals surface area (Å²) in [5.74, 6) is 0. The number of halogens is 1. The van der Waals surface area contributed by atoms with Crippen LogP contribution in [0.15, 0.2) is 24.3 Å². The summed E-state index contributed by atoms with van der Waals surface area (Å²) in [7, 11) is 0. The molecule has 0 aliphatic heterocycles. The van der Waals surface area contributed by atoms with Crippen LogP contribution in [0.1, 0.15) is 32.4 Å². The Labute approximate surface area is 119 Å². The second kappa shape index (κ2) is 8.06. The van der Waals surface area contributed by atoms with Crippen LogP contribution in [-0.4, -0.2) is 31.1 Å². The molecule has 3 heteroatoms. The maximum atomic E-state index is 3.57. The molecule has 2 nitrogen and oxygen atoms in total. The molecule has 0 aromatic heterocycles. The average molecular weight is 346 g/mol. The normalized spacial score (nSPS) is 13.0. The number of rotatable bonds is 7. The standard InChI is InChI=1S/C14H23IN2/c1-4-17(5-2)11-10-16-12(3)13-6-8-14(15)9-7-13/h6-9,12,16H,4-5,10-11H2,1-3H3. The zero-order valence-corrected chi connectivity index (χ0v) is 13.2. The van der Waals surface area contributed by atoms with E-state index < -0.39 is 0 Å². The molecule has 0 saturated heterocycles. The lowest BCUT2D eigenvalue weighted by atomic mass is 10.1. The molecule has 0 radical (unpaired) electrons. The third-order valence-electron chi connectivity index (χ3n) is 3.14. The molecule has 0 aliphatic carbocycles. The molecule has 0 fully saturated rings. The van der Waals surface area contributed by atoms with Gasteiger partial charge in [-0.15, -0.1) is 0 Å². The van der Waals surface area contributed by atoms with E-state index in [9.17, 15) is 0 Å². The monoisotopic (exact) mass is 346 g/mol. The summed E-state index contributed by atoms with van der Waals surface area (Å²) in [5.41, 5.74) is 1.37. The number of benzene rings is 1. The summed E-state index contributed by atoms with van der Waals surface area (Å²) in [6.07, 6.45) is 0. The molecule has 0 saturated carbocycles. The quantitative estimate of drug-likeness (QED) is 0.763. The molecule has 0 spiro atoms. The van der Waals surface area contributed by atoms with Gasteiger partial charge in [-0.1, -0.05) is 26.0 Å². The van der Waals surface area contributed by atoms with Crippen LogP contribution in [0.5, 0.6) is 0 Å². The predicted octanol–water partition coefficient (Wildman–Crippen LogP) is 3.28. The Kier molecular flexibility index (Phi) is 7.08. The van der Waals surface area contributed by atoms with Gasteiger partial charge in [0.05, 0.1) is 0 Å². The van der Waals surface area contributed by atoms with Crippen molar-refractivity contribution in [1.29, 1.82) is 0 Å². The van der Waals surface area contributed by atoms with Gasteiger partial charge in [-0.25, -0.2) is 0 Å². The van der Waals surface area contributed by atoms with Gasteiger partial charge < -0.3 is 10.2 Å². The highest BCUT2D eigenvalue weighted by Gasteiger charge is 2.05. The maximum Gasteiger partial charge on any atom is 0.0292 e. The van der Waals surface area contributed by atoms with Gasteiger partial charge in [-0.2, -0.15) is 0 Å². The molecule has 0 aliphatic rings. The lowest BCUT2D eigenvalue weighted by Crippen LogP contribution is -2.33. The largest absolute Gasteiger partial charge is 0.309 e. The molecule has 0 bridgehead atoms. The number of hydrogen-bond donors (Lipinski definition) is 1. The van der Waals surface area contributed by atoms with Crippen molar-refractivity contribution in [3.05, 3.63) is 33.4 Å². The lowest BCUT2D eigenvalue weighted by Gasteiger charge is -2.20. The van der Waals surface area contributed by atoms with Gasteiger partial charge in [0.1, 0.15) is 0 Å². The van der Waals surface area contributed by atoms with Crippen molar-refractivity contribution in [2.75, 3.05) is 26.2 Å². The smallest absolute Gasteiger partial charge is 0.0292 e. The van der Waals surface area contributed by atoms with Crippen LogP contribution in [0.4, 0.5) is 0 Å². The maximum absolute atomic E-state index is 3.57. The van der Waals surface area contributed by atoms with Crippen molar-refractivity contribution in [2.24, 2.45) is 0 Å². The third-order valence-corrected chi connectivity index (χ3v) is 3.86. The molecule has 1 N–H and O–H groups in total. The first kappa shape index (κ1) is 14.9. The third kappa shape index (κ3) is 5.36. The first-order valence-corrected chi connectivity index (χ1v) is 7.46. The Hall–Kier alpha value is -0.130. The molecule has 1 aromatic carbocycles. The van der Waals surface area contributed by atoms with Crippen LogP contribution in [-0.2, 0) is 0 Å². The summed E-state index contributed by atoms with van der Waals surface area (Å²) in [6, 6.07) is 9.17. The van der Waals surface area contributed by atoms with E-state index in [1.54, 1.807) is 0 Å². The number of nitrogens with zero attached hydrogens (tertiary/aromatic N) is 1. The van der Waals surface area contributed by atoms with E-state index in [2.05, 4.69) is 77.8 Å². The number of hydrogen-bond acceptors (Lipinski definition) is 2. The predicted molar refractivity (Wildman–Crippen MR) is 83.4 cm³/mol. The zero-order valence-electron chi connectivity index (χ0n) is 11.0. The molecule has 17 heavy (non-hydrogen) atoms. The summed E-state index contributed by atoms with van der Waals surface area (Å²) >= 11 is 2.34. The molecule has 0 heterocycles. The fourth-order valence-electron chi connectivity index (χ4n) is 1.85. The van der Waals surface area contributed by atoms with E-state index in [4.69, 9.17) is 0 Å². The van der Waals surface area contributed by atoms with Crippen LogP contribution in [0.2, 0.25) is 0 Å². The van der Waals surface area contributed by atoms with E-state index in [1.165, 1.54) is 9.13 Å². The fraction of sp³-hybridized carbons (Fsp3) is 0.571. The van der Waals surface area contributed by atoms with Crippen LogP contribution in [0, 0.1) is 3.57 Å². The van der Waals surface area contributed by atoms with Crippen LogP contribution in [0.25, 0.3) is 0 Å². The van der Waals surface area contributed by atoms with E-state index in [0.717, 1.165) is 26.2 Å². The Morgan fingerprint density at radius 2 is 1.76 bits per heavy atom. The van der Waals surface area contributed by atoms with E-state index >= 15 is 0 Å². The fourth-order valence-corrected chi connectivity index (χ4v) is 2.21. The Balaban J connectivity index is 2.34. The minimum Gasteiger partial charge on any atom is -0.309 e. The van der Waals surface area contributed by atoms with E-state index in [-0.39, 0.29) is 0 Å². The molecule has 1 aromatic rings. The van der Waals surface area contributed by atoms with Gasteiger partial charge in [-0.05, 0) is 60.3 Å². The van der Waals surface area contributed by atoms with Gasteiger partial charge >= 0.3 is 0 Å². The van der Waals surface area contributed by atoms with Crippen molar-refractivity contribution in [3.8, 4) is 0 Å². The SMILES string of the molecule is CCN(CC)CCNC(C)c1ccc(I)cc1. The van der Waals surface area contributed by atoms with Gasteiger partial charge in [-0.3, -0.25) is 0 Å². The molecule has 1 atom stereocenters. The first-order chi connectivity index (χ1) is 8.17. The minimum atomic E-state index is 0.433. The molecule has 0 amide bonds. The second-order valence-corrected chi connectivity index (χ2v) is 5.50. The van der Waals surface area contributed by atoms with Gasteiger partial charge in [0, 0.05) is 22.7 Å². The van der Waals surface area contributed by atoms with Crippen molar-refractivity contribution >= 4 is 22.6 Å². The molecule has 1 rings (SSSR count). The van der Waals surface area contributed by atoms with E-state index in [0.29, 0.717) is 6.04 Å².